The lowest BCUT2D eigenvalue weighted by atomic mass is 9.87. The number of benzene rings is 2. The number of fused-ring (bicyclic) bond motifs is 1. The first-order valence-corrected chi connectivity index (χ1v) is 8.48. The van der Waals surface area contributed by atoms with Crippen molar-refractivity contribution in [2.45, 2.75) is 25.3 Å². The van der Waals surface area contributed by atoms with Gasteiger partial charge in [-0.2, -0.15) is 5.10 Å². The van der Waals surface area contributed by atoms with E-state index >= 15 is 0 Å². The fraction of sp³-hybridized carbons (Fsp3) is 0.250. The molecule has 6 nitrogen and oxygen atoms in total. The van der Waals surface area contributed by atoms with Crippen LogP contribution in [0, 0.1) is 0 Å². The fourth-order valence-electron chi connectivity index (χ4n) is 3.27. The number of aryl methyl sites for hydroxylation is 1. The Hall–Kier alpha value is -3.15. The van der Waals surface area contributed by atoms with Crippen LogP contribution in [0.3, 0.4) is 0 Å². The number of rotatable bonds is 6. The summed E-state index contributed by atoms with van der Waals surface area (Å²) in [6.45, 7) is 1.75. The van der Waals surface area contributed by atoms with Gasteiger partial charge in [-0.05, 0) is 18.1 Å². The molecular formula is C20H21N3O3. The third-order valence-corrected chi connectivity index (χ3v) is 4.68. The largest absolute Gasteiger partial charge is 0.479 e. The second kappa shape index (κ2) is 7.00. The van der Waals surface area contributed by atoms with Crippen molar-refractivity contribution >= 4 is 22.8 Å². The maximum atomic E-state index is 12.7. The predicted molar refractivity (Wildman–Crippen MR) is 98.6 cm³/mol. The molecule has 3 aromatic rings. The molecule has 0 bridgehead atoms. The molecule has 1 heterocycles. The second-order valence-electron chi connectivity index (χ2n) is 6.24. The normalized spacial score (nSPS) is 13.3. The van der Waals surface area contributed by atoms with E-state index in [1.165, 1.54) is 0 Å². The smallest absolute Gasteiger partial charge is 0.334 e. The SMILES string of the molecule is CCC(NC(=O)Cc1nn(C)c2ccccc12)(C(=O)O)c1ccccc1. The van der Waals surface area contributed by atoms with E-state index in [9.17, 15) is 14.7 Å². The van der Waals surface area contributed by atoms with Gasteiger partial charge in [0.1, 0.15) is 0 Å². The van der Waals surface area contributed by atoms with Gasteiger partial charge in [-0.15, -0.1) is 0 Å². The minimum Gasteiger partial charge on any atom is -0.479 e. The van der Waals surface area contributed by atoms with E-state index in [0.717, 1.165) is 10.9 Å². The van der Waals surface area contributed by atoms with Crippen molar-refractivity contribution in [3.05, 3.63) is 65.9 Å². The molecule has 0 aliphatic carbocycles. The summed E-state index contributed by atoms with van der Waals surface area (Å²) in [5.74, 6) is -1.45. The number of carbonyl (C=O) groups excluding carboxylic acids is 1. The number of carboxylic acids is 1. The average Bonchev–Trinajstić information content (AvgIpc) is 2.96. The lowest BCUT2D eigenvalue weighted by Crippen LogP contribution is -2.52. The molecule has 1 aromatic heterocycles. The van der Waals surface area contributed by atoms with Crippen LogP contribution in [0.4, 0.5) is 0 Å². The van der Waals surface area contributed by atoms with Crippen molar-refractivity contribution < 1.29 is 14.7 Å². The Kier molecular flexibility index (Phi) is 4.75. The molecule has 0 radical (unpaired) electrons. The highest BCUT2D eigenvalue weighted by Gasteiger charge is 2.40. The van der Waals surface area contributed by atoms with Gasteiger partial charge < -0.3 is 10.4 Å². The summed E-state index contributed by atoms with van der Waals surface area (Å²) in [5.41, 5.74) is 0.653. The first-order valence-electron chi connectivity index (χ1n) is 8.48. The van der Waals surface area contributed by atoms with Crippen LogP contribution in [-0.2, 0) is 28.6 Å². The van der Waals surface area contributed by atoms with Gasteiger partial charge in [-0.3, -0.25) is 9.48 Å². The van der Waals surface area contributed by atoms with Crippen molar-refractivity contribution in [2.24, 2.45) is 7.05 Å². The van der Waals surface area contributed by atoms with Crippen molar-refractivity contribution in [2.75, 3.05) is 0 Å². The maximum Gasteiger partial charge on any atom is 0.334 e. The van der Waals surface area contributed by atoms with Gasteiger partial charge in [-0.25, -0.2) is 4.79 Å². The number of hydrogen-bond donors (Lipinski definition) is 2. The Labute approximate surface area is 151 Å². The van der Waals surface area contributed by atoms with Crippen LogP contribution in [0.5, 0.6) is 0 Å². The topological polar surface area (TPSA) is 84.2 Å². The Morgan fingerprint density at radius 3 is 2.42 bits per heavy atom. The molecule has 1 amide bonds. The lowest BCUT2D eigenvalue weighted by Gasteiger charge is -2.30. The van der Waals surface area contributed by atoms with Gasteiger partial charge in [0.25, 0.3) is 0 Å². The zero-order valence-electron chi connectivity index (χ0n) is 14.8. The van der Waals surface area contributed by atoms with Crippen LogP contribution in [0.25, 0.3) is 10.9 Å². The second-order valence-corrected chi connectivity index (χ2v) is 6.24. The standard InChI is InChI=1S/C20H21N3O3/c1-3-20(19(25)26,14-9-5-4-6-10-14)21-18(24)13-16-15-11-7-8-12-17(15)23(2)22-16/h4-12H,3,13H2,1-2H3,(H,21,24)(H,25,26). The van der Waals surface area contributed by atoms with Gasteiger partial charge in [0.2, 0.25) is 5.91 Å². The third kappa shape index (κ3) is 3.06. The molecule has 1 atom stereocenters. The molecule has 2 aromatic carbocycles. The summed E-state index contributed by atoms with van der Waals surface area (Å²) in [6.07, 6.45) is 0.254. The highest BCUT2D eigenvalue weighted by atomic mass is 16.4. The zero-order valence-corrected chi connectivity index (χ0v) is 14.8. The summed E-state index contributed by atoms with van der Waals surface area (Å²) in [6, 6.07) is 16.4. The summed E-state index contributed by atoms with van der Waals surface area (Å²) >= 11 is 0. The number of amides is 1. The Morgan fingerprint density at radius 1 is 1.12 bits per heavy atom. The van der Waals surface area contributed by atoms with E-state index in [-0.39, 0.29) is 18.7 Å². The molecule has 0 spiro atoms. The average molecular weight is 351 g/mol. The number of nitrogens with one attached hydrogen (secondary N) is 1. The molecule has 0 saturated carbocycles. The van der Waals surface area contributed by atoms with Gasteiger partial charge in [-0.1, -0.05) is 55.5 Å². The van der Waals surface area contributed by atoms with Crippen molar-refractivity contribution in [1.29, 1.82) is 0 Å². The molecule has 6 heteroatoms. The number of carboxylic acid groups (broad SMARTS) is 1. The number of aliphatic carboxylic acids is 1. The van der Waals surface area contributed by atoms with E-state index in [0.29, 0.717) is 11.3 Å². The first kappa shape index (κ1) is 17.7. The predicted octanol–water partition coefficient (Wildman–Crippen LogP) is 2.62. The summed E-state index contributed by atoms with van der Waals surface area (Å²) in [5, 5.41) is 17.9. The zero-order chi connectivity index (χ0) is 18.7. The molecule has 3 rings (SSSR count). The van der Waals surface area contributed by atoms with Gasteiger partial charge in [0, 0.05) is 12.4 Å². The van der Waals surface area contributed by atoms with E-state index < -0.39 is 11.5 Å². The Morgan fingerprint density at radius 2 is 1.77 bits per heavy atom. The summed E-state index contributed by atoms with van der Waals surface area (Å²) < 4.78 is 1.72. The molecule has 1 unspecified atom stereocenters. The number of hydrogen-bond acceptors (Lipinski definition) is 3. The van der Waals surface area contributed by atoms with Crippen LogP contribution in [0.1, 0.15) is 24.6 Å². The molecule has 2 N–H and O–H groups in total. The quantitative estimate of drug-likeness (QED) is 0.715. The van der Waals surface area contributed by atoms with Gasteiger partial charge >= 0.3 is 5.97 Å². The first-order chi connectivity index (χ1) is 12.5. The minimum atomic E-state index is -1.46. The highest BCUT2D eigenvalue weighted by molar-refractivity contribution is 5.91. The van der Waals surface area contributed by atoms with Crippen LogP contribution in [-0.4, -0.2) is 26.8 Å². The van der Waals surface area contributed by atoms with Crippen molar-refractivity contribution in [3.8, 4) is 0 Å². The van der Waals surface area contributed by atoms with E-state index in [2.05, 4.69) is 10.4 Å². The lowest BCUT2D eigenvalue weighted by molar-refractivity contribution is -0.148. The van der Waals surface area contributed by atoms with Crippen molar-refractivity contribution in [1.82, 2.24) is 15.1 Å². The van der Waals surface area contributed by atoms with Crippen LogP contribution in [0.15, 0.2) is 54.6 Å². The molecule has 134 valence electrons. The molecule has 0 saturated heterocycles. The number of carbonyl (C=O) groups is 2. The molecule has 0 aliphatic heterocycles. The van der Waals surface area contributed by atoms with Crippen LogP contribution in [0.2, 0.25) is 0 Å². The fourth-order valence-corrected chi connectivity index (χ4v) is 3.27. The van der Waals surface area contributed by atoms with Crippen LogP contribution >= 0.6 is 0 Å². The monoisotopic (exact) mass is 351 g/mol. The number of nitrogens with zero attached hydrogens (tertiary/aromatic N) is 2. The Bertz CT molecular complexity index is 949. The Balaban J connectivity index is 1.90. The van der Waals surface area contributed by atoms with Crippen molar-refractivity contribution in [3.63, 3.8) is 0 Å². The van der Waals surface area contributed by atoms with Crippen LogP contribution < -0.4 is 5.32 Å². The summed E-state index contributed by atoms with van der Waals surface area (Å²) in [7, 11) is 1.82. The maximum absolute atomic E-state index is 12.7. The van der Waals surface area contributed by atoms with E-state index in [1.54, 1.807) is 35.9 Å². The molecule has 26 heavy (non-hydrogen) atoms. The van der Waals surface area contributed by atoms with E-state index in [1.807, 2.05) is 37.4 Å². The summed E-state index contributed by atoms with van der Waals surface area (Å²) in [4.78, 5) is 24.7. The van der Waals surface area contributed by atoms with Gasteiger partial charge in [0.05, 0.1) is 17.6 Å². The molecular weight excluding hydrogens is 330 g/mol. The number of aromatic nitrogens is 2. The third-order valence-electron chi connectivity index (χ3n) is 4.68. The highest BCUT2D eigenvalue weighted by Crippen LogP contribution is 2.26. The van der Waals surface area contributed by atoms with Gasteiger partial charge in [0.15, 0.2) is 5.54 Å². The molecule has 0 fully saturated rings. The van der Waals surface area contributed by atoms with E-state index in [4.69, 9.17) is 0 Å². The number of para-hydroxylation sites is 1. The minimum absolute atomic E-state index is 0.0171. The molecule has 0 aliphatic rings.